The van der Waals surface area contributed by atoms with Crippen LogP contribution in [0.3, 0.4) is 0 Å². The number of nitrogens with one attached hydrogen (secondary N) is 2. The van der Waals surface area contributed by atoms with E-state index in [1.165, 1.54) is 5.56 Å². The molecule has 3 N–H and O–H groups in total. The lowest BCUT2D eigenvalue weighted by Crippen LogP contribution is -2.47. The van der Waals surface area contributed by atoms with E-state index in [1.807, 2.05) is 0 Å². The van der Waals surface area contributed by atoms with Crippen molar-refractivity contribution in [3.63, 3.8) is 0 Å². The zero-order valence-corrected chi connectivity index (χ0v) is 17.3. The van der Waals surface area contributed by atoms with Gasteiger partial charge in [0.2, 0.25) is 0 Å². The molecule has 0 radical (unpaired) electrons. The van der Waals surface area contributed by atoms with Gasteiger partial charge < -0.3 is 15.7 Å². The van der Waals surface area contributed by atoms with Gasteiger partial charge in [-0.15, -0.1) is 0 Å². The number of rotatable bonds is 7. The molecule has 1 saturated carbocycles. The van der Waals surface area contributed by atoms with E-state index in [-0.39, 0.29) is 6.10 Å². The molecule has 0 unspecified atom stereocenters. The van der Waals surface area contributed by atoms with Gasteiger partial charge in [-0.2, -0.15) is 0 Å². The fraction of sp³-hybridized carbons (Fsp3) is 0.682. The molecule has 0 atom stereocenters. The quantitative estimate of drug-likeness (QED) is 0.491. The fourth-order valence-electron chi connectivity index (χ4n) is 4.05. The Bertz CT molecular complexity index is 578. The van der Waals surface area contributed by atoms with Crippen molar-refractivity contribution in [3.8, 4) is 0 Å². The molecule has 156 valence electrons. The second-order valence-electron chi connectivity index (χ2n) is 8.01. The highest BCUT2D eigenvalue weighted by molar-refractivity contribution is 5.80. The van der Waals surface area contributed by atoms with Crippen molar-refractivity contribution < 1.29 is 5.11 Å². The second kappa shape index (κ2) is 11.4. The summed E-state index contributed by atoms with van der Waals surface area (Å²) in [4.78, 5) is 9.84. The standard InChI is InChI=1S/C22H37N5O/c1-2-23-22(25-20-8-10-21(28)11-9-20)24-12-13-26-14-16-27(17-15-26)18-19-6-4-3-5-7-19/h3-7,20-21,28H,2,8-18H2,1H3,(H2,23,24,25). The number of nitrogens with zero attached hydrogens (tertiary/aromatic N) is 3. The Labute approximate surface area is 170 Å². The third-order valence-electron chi connectivity index (χ3n) is 5.78. The van der Waals surface area contributed by atoms with E-state index >= 15 is 0 Å². The first kappa shape index (κ1) is 21.1. The Morgan fingerprint density at radius 3 is 2.39 bits per heavy atom. The maximum absolute atomic E-state index is 9.67. The zero-order chi connectivity index (χ0) is 19.6. The lowest BCUT2D eigenvalue weighted by molar-refractivity contribution is 0.120. The fourth-order valence-corrected chi connectivity index (χ4v) is 4.05. The highest BCUT2D eigenvalue weighted by Crippen LogP contribution is 2.18. The Hall–Kier alpha value is -1.63. The van der Waals surface area contributed by atoms with Gasteiger partial charge in [0, 0.05) is 51.9 Å². The molecule has 6 heteroatoms. The number of hydrogen-bond acceptors (Lipinski definition) is 4. The topological polar surface area (TPSA) is 63.1 Å². The molecule has 1 aromatic rings. The molecule has 6 nitrogen and oxygen atoms in total. The summed E-state index contributed by atoms with van der Waals surface area (Å²) >= 11 is 0. The number of aliphatic imine (C=N–C) groups is 1. The molecule has 1 aromatic carbocycles. The number of aliphatic hydroxyl groups is 1. The van der Waals surface area contributed by atoms with Crippen LogP contribution in [-0.4, -0.2) is 78.8 Å². The molecular weight excluding hydrogens is 350 g/mol. The van der Waals surface area contributed by atoms with Gasteiger partial charge in [0.25, 0.3) is 0 Å². The number of hydrogen-bond donors (Lipinski definition) is 3. The molecule has 0 aromatic heterocycles. The van der Waals surface area contributed by atoms with Crippen LogP contribution in [-0.2, 0) is 6.54 Å². The summed E-state index contributed by atoms with van der Waals surface area (Å²) in [5.74, 6) is 0.923. The summed E-state index contributed by atoms with van der Waals surface area (Å²) in [7, 11) is 0. The highest BCUT2D eigenvalue weighted by Gasteiger charge is 2.20. The van der Waals surface area contributed by atoms with Crippen molar-refractivity contribution in [1.29, 1.82) is 0 Å². The summed E-state index contributed by atoms with van der Waals surface area (Å²) in [6.07, 6.45) is 3.72. The molecule has 1 aliphatic heterocycles. The molecule has 0 bridgehead atoms. The van der Waals surface area contributed by atoms with E-state index in [2.05, 4.69) is 57.7 Å². The monoisotopic (exact) mass is 387 g/mol. The van der Waals surface area contributed by atoms with Crippen LogP contribution < -0.4 is 10.6 Å². The summed E-state index contributed by atoms with van der Waals surface area (Å²) in [6, 6.07) is 11.2. The Balaban J connectivity index is 1.37. The number of benzene rings is 1. The predicted octanol–water partition coefficient (Wildman–Crippen LogP) is 1.66. The van der Waals surface area contributed by atoms with Gasteiger partial charge in [-0.1, -0.05) is 30.3 Å². The van der Waals surface area contributed by atoms with Crippen molar-refractivity contribution in [2.24, 2.45) is 4.99 Å². The molecule has 0 spiro atoms. The Kier molecular flexibility index (Phi) is 8.58. The van der Waals surface area contributed by atoms with Crippen molar-refractivity contribution in [2.75, 3.05) is 45.8 Å². The first-order chi connectivity index (χ1) is 13.7. The summed E-state index contributed by atoms with van der Waals surface area (Å²) in [6.45, 7) is 10.4. The largest absolute Gasteiger partial charge is 0.393 e. The zero-order valence-electron chi connectivity index (χ0n) is 17.3. The van der Waals surface area contributed by atoms with Gasteiger partial charge in [0.15, 0.2) is 5.96 Å². The van der Waals surface area contributed by atoms with Crippen LogP contribution in [0.2, 0.25) is 0 Å². The molecule has 0 amide bonds. The third-order valence-corrected chi connectivity index (χ3v) is 5.78. The van der Waals surface area contributed by atoms with Crippen LogP contribution >= 0.6 is 0 Å². The SMILES string of the molecule is CCNC(=NCCN1CCN(Cc2ccccc2)CC1)NC1CCC(O)CC1. The molecule has 3 rings (SSSR count). The predicted molar refractivity (Wildman–Crippen MR) is 116 cm³/mol. The maximum Gasteiger partial charge on any atom is 0.191 e. The molecule has 2 fully saturated rings. The van der Waals surface area contributed by atoms with E-state index in [0.29, 0.717) is 6.04 Å². The summed E-state index contributed by atoms with van der Waals surface area (Å²) < 4.78 is 0. The first-order valence-corrected chi connectivity index (χ1v) is 10.9. The minimum atomic E-state index is -0.113. The Morgan fingerprint density at radius 1 is 1.04 bits per heavy atom. The van der Waals surface area contributed by atoms with Gasteiger partial charge in [-0.05, 0) is 38.2 Å². The molecule has 28 heavy (non-hydrogen) atoms. The van der Waals surface area contributed by atoms with Crippen LogP contribution in [0.4, 0.5) is 0 Å². The minimum absolute atomic E-state index is 0.113. The van der Waals surface area contributed by atoms with Crippen LogP contribution in [0.1, 0.15) is 38.2 Å². The van der Waals surface area contributed by atoms with Gasteiger partial charge in [-0.25, -0.2) is 0 Å². The highest BCUT2D eigenvalue weighted by atomic mass is 16.3. The van der Waals surface area contributed by atoms with Gasteiger partial charge >= 0.3 is 0 Å². The smallest absolute Gasteiger partial charge is 0.191 e. The van der Waals surface area contributed by atoms with Gasteiger partial charge in [0.1, 0.15) is 0 Å². The van der Waals surface area contributed by atoms with Crippen molar-refractivity contribution in [3.05, 3.63) is 35.9 Å². The number of guanidine groups is 1. The normalized spacial score (nSPS) is 24.9. The summed E-state index contributed by atoms with van der Waals surface area (Å²) in [5, 5.41) is 16.6. The molecule has 1 saturated heterocycles. The van der Waals surface area contributed by atoms with Crippen LogP contribution in [0.25, 0.3) is 0 Å². The molecule has 2 aliphatic rings. The van der Waals surface area contributed by atoms with Crippen molar-refractivity contribution >= 4 is 5.96 Å². The van der Waals surface area contributed by atoms with E-state index in [1.54, 1.807) is 0 Å². The Morgan fingerprint density at radius 2 is 1.71 bits per heavy atom. The second-order valence-corrected chi connectivity index (χ2v) is 8.01. The summed E-state index contributed by atoms with van der Waals surface area (Å²) in [5.41, 5.74) is 1.40. The molecule has 1 heterocycles. The number of aliphatic hydroxyl groups excluding tert-OH is 1. The minimum Gasteiger partial charge on any atom is -0.393 e. The third kappa shape index (κ3) is 7.08. The van der Waals surface area contributed by atoms with E-state index in [0.717, 1.165) is 84.0 Å². The maximum atomic E-state index is 9.67. The molecular formula is C22H37N5O. The molecule has 1 aliphatic carbocycles. The van der Waals surface area contributed by atoms with E-state index < -0.39 is 0 Å². The van der Waals surface area contributed by atoms with Crippen LogP contribution in [0, 0.1) is 0 Å². The lowest BCUT2D eigenvalue weighted by Gasteiger charge is -2.34. The van der Waals surface area contributed by atoms with Crippen molar-refractivity contribution in [1.82, 2.24) is 20.4 Å². The average Bonchev–Trinajstić information content (AvgIpc) is 2.72. The van der Waals surface area contributed by atoms with Gasteiger partial charge in [0.05, 0.1) is 12.6 Å². The van der Waals surface area contributed by atoms with Crippen LogP contribution in [0.15, 0.2) is 35.3 Å². The van der Waals surface area contributed by atoms with Crippen LogP contribution in [0.5, 0.6) is 0 Å². The first-order valence-electron chi connectivity index (χ1n) is 10.9. The van der Waals surface area contributed by atoms with Crippen molar-refractivity contribution in [2.45, 2.75) is 51.3 Å². The van der Waals surface area contributed by atoms with Gasteiger partial charge in [-0.3, -0.25) is 14.8 Å². The van der Waals surface area contributed by atoms with E-state index in [9.17, 15) is 5.11 Å². The number of piperazine rings is 1. The van der Waals surface area contributed by atoms with E-state index in [4.69, 9.17) is 4.99 Å². The average molecular weight is 388 g/mol. The lowest BCUT2D eigenvalue weighted by atomic mass is 9.93.